The Labute approximate surface area is 123 Å². The SMILES string of the molecule is COc1cc(Nc2ncnc(N)c2C)cc(OC)c1OC. The van der Waals surface area contributed by atoms with Gasteiger partial charge in [-0.3, -0.25) is 0 Å². The van der Waals surface area contributed by atoms with Gasteiger partial charge in [-0.05, 0) is 6.92 Å². The molecule has 0 fully saturated rings. The third kappa shape index (κ3) is 2.91. The predicted molar refractivity (Wildman–Crippen MR) is 80.6 cm³/mol. The van der Waals surface area contributed by atoms with Crippen molar-refractivity contribution >= 4 is 17.3 Å². The number of nitrogen functional groups attached to an aromatic ring is 1. The molecular weight excluding hydrogens is 272 g/mol. The van der Waals surface area contributed by atoms with Gasteiger partial charge in [0, 0.05) is 23.4 Å². The number of rotatable bonds is 5. The zero-order valence-electron chi connectivity index (χ0n) is 12.4. The molecule has 0 saturated carbocycles. The first-order chi connectivity index (χ1) is 10.1. The van der Waals surface area contributed by atoms with Crippen LogP contribution in [0.25, 0.3) is 0 Å². The second-order valence-corrected chi connectivity index (χ2v) is 4.27. The summed E-state index contributed by atoms with van der Waals surface area (Å²) in [4.78, 5) is 8.11. The van der Waals surface area contributed by atoms with Gasteiger partial charge in [0.25, 0.3) is 0 Å². The summed E-state index contributed by atoms with van der Waals surface area (Å²) in [6.07, 6.45) is 1.41. The first-order valence-corrected chi connectivity index (χ1v) is 6.24. The van der Waals surface area contributed by atoms with Crippen molar-refractivity contribution < 1.29 is 14.2 Å². The molecule has 1 heterocycles. The maximum absolute atomic E-state index is 5.77. The fraction of sp³-hybridized carbons (Fsp3) is 0.286. The van der Waals surface area contributed by atoms with Crippen molar-refractivity contribution in [3.05, 3.63) is 24.0 Å². The highest BCUT2D eigenvalue weighted by Gasteiger charge is 2.14. The molecule has 0 spiro atoms. The smallest absolute Gasteiger partial charge is 0.203 e. The van der Waals surface area contributed by atoms with E-state index in [0.29, 0.717) is 28.9 Å². The Balaban J connectivity index is 2.43. The Kier molecular flexibility index (Phi) is 4.32. The van der Waals surface area contributed by atoms with Crippen LogP contribution in [0, 0.1) is 6.92 Å². The number of nitrogens with one attached hydrogen (secondary N) is 1. The minimum atomic E-state index is 0.431. The van der Waals surface area contributed by atoms with Gasteiger partial charge in [0.15, 0.2) is 11.5 Å². The lowest BCUT2D eigenvalue weighted by Gasteiger charge is -2.15. The molecule has 0 unspecified atom stereocenters. The monoisotopic (exact) mass is 290 g/mol. The Morgan fingerprint density at radius 2 is 1.62 bits per heavy atom. The zero-order chi connectivity index (χ0) is 15.4. The van der Waals surface area contributed by atoms with Gasteiger partial charge in [0.1, 0.15) is 18.0 Å². The van der Waals surface area contributed by atoms with Gasteiger partial charge in [-0.1, -0.05) is 0 Å². The van der Waals surface area contributed by atoms with E-state index in [1.165, 1.54) is 6.33 Å². The van der Waals surface area contributed by atoms with Gasteiger partial charge >= 0.3 is 0 Å². The van der Waals surface area contributed by atoms with Crippen LogP contribution in [0.1, 0.15) is 5.56 Å². The average Bonchev–Trinajstić information content (AvgIpc) is 2.50. The number of benzene rings is 1. The molecule has 0 aliphatic carbocycles. The van der Waals surface area contributed by atoms with Gasteiger partial charge in [0.05, 0.1) is 21.3 Å². The van der Waals surface area contributed by atoms with E-state index in [9.17, 15) is 0 Å². The van der Waals surface area contributed by atoms with Crippen LogP contribution < -0.4 is 25.3 Å². The lowest BCUT2D eigenvalue weighted by Crippen LogP contribution is -2.03. The van der Waals surface area contributed by atoms with Gasteiger partial charge in [-0.2, -0.15) is 0 Å². The molecule has 112 valence electrons. The van der Waals surface area contributed by atoms with Crippen molar-refractivity contribution in [3.63, 3.8) is 0 Å². The van der Waals surface area contributed by atoms with E-state index >= 15 is 0 Å². The van der Waals surface area contributed by atoms with Crippen LogP contribution in [-0.2, 0) is 0 Å². The molecule has 2 rings (SSSR count). The standard InChI is InChI=1S/C14H18N4O3/c1-8-13(15)16-7-17-14(8)18-9-5-10(19-2)12(21-4)11(6-9)20-3/h5-7H,1-4H3,(H3,15,16,17,18). The normalized spacial score (nSPS) is 10.1. The van der Waals surface area contributed by atoms with E-state index in [-0.39, 0.29) is 0 Å². The number of anilines is 3. The number of nitrogens with two attached hydrogens (primary N) is 1. The van der Waals surface area contributed by atoms with E-state index < -0.39 is 0 Å². The Morgan fingerprint density at radius 3 is 2.14 bits per heavy atom. The van der Waals surface area contributed by atoms with Crippen LogP contribution in [0.3, 0.4) is 0 Å². The van der Waals surface area contributed by atoms with Crippen LogP contribution >= 0.6 is 0 Å². The number of aromatic nitrogens is 2. The van der Waals surface area contributed by atoms with Crippen LogP contribution in [0.4, 0.5) is 17.3 Å². The molecule has 7 nitrogen and oxygen atoms in total. The molecule has 0 saturated heterocycles. The third-order valence-corrected chi connectivity index (χ3v) is 3.05. The van der Waals surface area contributed by atoms with Crippen LogP contribution in [0.2, 0.25) is 0 Å². The highest BCUT2D eigenvalue weighted by Crippen LogP contribution is 2.40. The molecule has 1 aromatic carbocycles. The Hall–Kier alpha value is -2.70. The molecular formula is C14H18N4O3. The van der Waals surface area contributed by atoms with Gasteiger partial charge in [0.2, 0.25) is 5.75 Å². The molecule has 0 atom stereocenters. The first-order valence-electron chi connectivity index (χ1n) is 6.24. The molecule has 2 aromatic rings. The van der Waals surface area contributed by atoms with Gasteiger partial charge < -0.3 is 25.3 Å². The Morgan fingerprint density at radius 1 is 1.00 bits per heavy atom. The van der Waals surface area contributed by atoms with Crippen LogP contribution in [0.15, 0.2) is 18.5 Å². The zero-order valence-corrected chi connectivity index (χ0v) is 12.4. The van der Waals surface area contributed by atoms with Crippen molar-refractivity contribution in [2.24, 2.45) is 0 Å². The number of hydrogen-bond acceptors (Lipinski definition) is 7. The second kappa shape index (κ2) is 6.17. The highest BCUT2D eigenvalue weighted by molar-refractivity contribution is 5.69. The van der Waals surface area contributed by atoms with Crippen molar-refractivity contribution in [2.75, 3.05) is 32.4 Å². The molecule has 7 heteroatoms. The molecule has 0 bridgehead atoms. The molecule has 0 aliphatic heterocycles. The molecule has 0 radical (unpaired) electrons. The first kappa shape index (κ1) is 14.7. The number of methoxy groups -OCH3 is 3. The predicted octanol–water partition coefficient (Wildman–Crippen LogP) is 2.14. The highest BCUT2D eigenvalue weighted by atomic mass is 16.5. The van der Waals surface area contributed by atoms with Crippen molar-refractivity contribution in [1.82, 2.24) is 9.97 Å². The lowest BCUT2D eigenvalue weighted by atomic mass is 10.2. The van der Waals surface area contributed by atoms with E-state index in [2.05, 4.69) is 15.3 Å². The third-order valence-electron chi connectivity index (χ3n) is 3.05. The van der Waals surface area contributed by atoms with Gasteiger partial charge in [-0.15, -0.1) is 0 Å². The minimum Gasteiger partial charge on any atom is -0.493 e. The summed E-state index contributed by atoms with van der Waals surface area (Å²) in [6, 6.07) is 3.58. The summed E-state index contributed by atoms with van der Waals surface area (Å²) in [6.45, 7) is 1.84. The maximum atomic E-state index is 5.77. The van der Waals surface area contributed by atoms with E-state index in [0.717, 1.165) is 11.3 Å². The summed E-state index contributed by atoms with van der Waals surface area (Å²) in [5, 5.41) is 3.17. The summed E-state index contributed by atoms with van der Waals surface area (Å²) in [5.41, 5.74) is 7.28. The summed E-state index contributed by atoms with van der Waals surface area (Å²) >= 11 is 0. The van der Waals surface area contributed by atoms with Crippen molar-refractivity contribution in [1.29, 1.82) is 0 Å². The number of ether oxygens (including phenoxy) is 3. The second-order valence-electron chi connectivity index (χ2n) is 4.27. The van der Waals surface area contributed by atoms with Gasteiger partial charge in [-0.25, -0.2) is 9.97 Å². The van der Waals surface area contributed by atoms with E-state index in [1.807, 2.05) is 6.92 Å². The van der Waals surface area contributed by atoms with Crippen LogP contribution in [0.5, 0.6) is 17.2 Å². The quantitative estimate of drug-likeness (QED) is 0.871. The topological polar surface area (TPSA) is 91.5 Å². The summed E-state index contributed by atoms with van der Waals surface area (Å²) in [5.74, 6) is 2.69. The van der Waals surface area contributed by atoms with E-state index in [4.69, 9.17) is 19.9 Å². The van der Waals surface area contributed by atoms with E-state index in [1.54, 1.807) is 33.5 Å². The van der Waals surface area contributed by atoms with Crippen LogP contribution in [-0.4, -0.2) is 31.3 Å². The Bertz CT molecular complexity index is 621. The average molecular weight is 290 g/mol. The molecule has 3 N–H and O–H groups in total. The maximum Gasteiger partial charge on any atom is 0.203 e. The summed E-state index contributed by atoms with van der Waals surface area (Å²) in [7, 11) is 4.69. The number of hydrogen-bond donors (Lipinski definition) is 2. The largest absolute Gasteiger partial charge is 0.493 e. The number of nitrogens with zero attached hydrogens (tertiary/aromatic N) is 2. The molecule has 1 aromatic heterocycles. The summed E-state index contributed by atoms with van der Waals surface area (Å²) < 4.78 is 15.9. The lowest BCUT2D eigenvalue weighted by molar-refractivity contribution is 0.324. The molecule has 21 heavy (non-hydrogen) atoms. The fourth-order valence-corrected chi connectivity index (χ4v) is 1.88. The fourth-order valence-electron chi connectivity index (χ4n) is 1.88. The minimum absolute atomic E-state index is 0.431. The molecule has 0 amide bonds. The van der Waals surface area contributed by atoms with Crippen molar-refractivity contribution in [3.8, 4) is 17.2 Å². The van der Waals surface area contributed by atoms with Crippen molar-refractivity contribution in [2.45, 2.75) is 6.92 Å². The molecule has 0 aliphatic rings.